The van der Waals surface area contributed by atoms with Gasteiger partial charge in [-0.05, 0) is 30.2 Å². The van der Waals surface area contributed by atoms with E-state index in [0.717, 1.165) is 0 Å². The molecular formula is C13H12BrF2NO2. The summed E-state index contributed by atoms with van der Waals surface area (Å²) in [5.41, 5.74) is 0.655. The van der Waals surface area contributed by atoms with E-state index >= 15 is 0 Å². The largest absolute Gasteiger partial charge is 0.466 e. The molecular weight excluding hydrogens is 320 g/mol. The highest BCUT2D eigenvalue weighted by molar-refractivity contribution is 9.08. The van der Waals surface area contributed by atoms with Crippen molar-refractivity contribution in [1.29, 1.82) is 5.26 Å². The number of hydrogen-bond donors (Lipinski definition) is 0. The summed E-state index contributed by atoms with van der Waals surface area (Å²) >= 11 is 3.21. The van der Waals surface area contributed by atoms with Crippen LogP contribution in [-0.2, 0) is 21.3 Å². The maximum absolute atomic E-state index is 12.8. The Kier molecular flexibility index (Phi) is 5.90. The molecule has 0 aliphatic carbocycles. The van der Waals surface area contributed by atoms with Crippen molar-refractivity contribution in [1.82, 2.24) is 0 Å². The predicted octanol–water partition coefficient (Wildman–Crippen LogP) is 3.50. The first-order chi connectivity index (χ1) is 9.03. The molecule has 0 unspecified atom stereocenters. The zero-order chi connectivity index (χ0) is 14.4. The molecule has 0 bridgehead atoms. The highest BCUT2D eigenvalue weighted by atomic mass is 79.9. The van der Waals surface area contributed by atoms with Crippen LogP contribution in [0.3, 0.4) is 0 Å². The second-order valence-corrected chi connectivity index (χ2v) is 4.30. The first-order valence-corrected chi connectivity index (χ1v) is 6.71. The van der Waals surface area contributed by atoms with Crippen molar-refractivity contribution < 1.29 is 18.3 Å². The summed E-state index contributed by atoms with van der Waals surface area (Å²) in [5.74, 6) is -0.477. The summed E-state index contributed by atoms with van der Waals surface area (Å²) in [6.45, 7) is 1.91. The Bertz CT molecular complexity index is 512. The fraction of sp³-hybridized carbons (Fsp3) is 0.385. The molecule has 0 saturated carbocycles. The number of ether oxygens (including phenoxy) is 1. The maximum Gasteiger partial charge on any atom is 0.310 e. The predicted molar refractivity (Wildman–Crippen MR) is 69.1 cm³/mol. The Labute approximate surface area is 118 Å². The van der Waals surface area contributed by atoms with Gasteiger partial charge in [-0.2, -0.15) is 5.26 Å². The Morgan fingerprint density at radius 1 is 1.47 bits per heavy atom. The molecule has 0 fully saturated rings. The summed E-state index contributed by atoms with van der Waals surface area (Å²) < 4.78 is 30.5. The number of carbonyl (C=O) groups excluding carboxylic acids is 1. The third-order valence-electron chi connectivity index (χ3n) is 2.51. The number of rotatable bonds is 5. The molecule has 0 saturated heterocycles. The first-order valence-electron chi connectivity index (χ1n) is 5.59. The maximum atomic E-state index is 12.8. The van der Waals surface area contributed by atoms with Gasteiger partial charge in [-0.15, -0.1) is 0 Å². The molecule has 0 radical (unpaired) electrons. The van der Waals surface area contributed by atoms with E-state index in [2.05, 4.69) is 15.9 Å². The fourth-order valence-corrected chi connectivity index (χ4v) is 2.16. The summed E-state index contributed by atoms with van der Waals surface area (Å²) in [6, 6.07) is 4.33. The smallest absolute Gasteiger partial charge is 0.310 e. The van der Waals surface area contributed by atoms with Crippen LogP contribution in [0.25, 0.3) is 0 Å². The summed E-state index contributed by atoms with van der Waals surface area (Å²) in [5, 5.41) is 9.23. The lowest BCUT2D eigenvalue weighted by atomic mass is 9.98. The molecule has 0 aromatic heterocycles. The van der Waals surface area contributed by atoms with Gasteiger partial charge in [-0.1, -0.05) is 15.9 Å². The fourth-order valence-electron chi connectivity index (χ4n) is 1.64. The average Bonchev–Trinajstić information content (AvgIpc) is 2.38. The van der Waals surface area contributed by atoms with E-state index in [4.69, 9.17) is 10.00 Å². The lowest BCUT2D eigenvalue weighted by Gasteiger charge is -2.11. The van der Waals surface area contributed by atoms with Crippen molar-refractivity contribution in [3.63, 3.8) is 0 Å². The molecule has 1 aromatic carbocycles. The molecule has 0 amide bonds. The average molecular weight is 332 g/mol. The SMILES string of the molecule is CCOC(=O)Cc1cc(C(F)F)c(C#N)cc1CBr. The number of halogens is 3. The minimum absolute atomic E-state index is 0.0722. The molecule has 19 heavy (non-hydrogen) atoms. The highest BCUT2D eigenvalue weighted by Gasteiger charge is 2.18. The van der Waals surface area contributed by atoms with Gasteiger partial charge in [0.05, 0.1) is 24.7 Å². The van der Waals surface area contributed by atoms with E-state index in [1.807, 2.05) is 0 Å². The Morgan fingerprint density at radius 3 is 2.63 bits per heavy atom. The Balaban J connectivity index is 3.19. The van der Waals surface area contributed by atoms with Crippen molar-refractivity contribution >= 4 is 21.9 Å². The van der Waals surface area contributed by atoms with Crippen LogP contribution in [0.2, 0.25) is 0 Å². The van der Waals surface area contributed by atoms with E-state index in [1.54, 1.807) is 13.0 Å². The number of benzene rings is 1. The van der Waals surface area contributed by atoms with Gasteiger partial charge in [-0.25, -0.2) is 8.78 Å². The number of alkyl halides is 3. The molecule has 0 spiro atoms. The zero-order valence-electron chi connectivity index (χ0n) is 10.3. The van der Waals surface area contributed by atoms with E-state index in [1.165, 1.54) is 12.1 Å². The van der Waals surface area contributed by atoms with Crippen LogP contribution in [0.15, 0.2) is 12.1 Å². The molecule has 0 aliphatic heterocycles. The van der Waals surface area contributed by atoms with Crippen LogP contribution in [-0.4, -0.2) is 12.6 Å². The lowest BCUT2D eigenvalue weighted by molar-refractivity contribution is -0.142. The monoisotopic (exact) mass is 331 g/mol. The van der Waals surface area contributed by atoms with Gasteiger partial charge in [0.1, 0.15) is 0 Å². The molecule has 0 atom stereocenters. The summed E-state index contributed by atoms with van der Waals surface area (Å²) in [7, 11) is 0. The van der Waals surface area contributed by atoms with E-state index in [0.29, 0.717) is 16.5 Å². The van der Waals surface area contributed by atoms with E-state index in [9.17, 15) is 13.6 Å². The first kappa shape index (κ1) is 15.6. The van der Waals surface area contributed by atoms with E-state index in [-0.39, 0.29) is 24.2 Å². The van der Waals surface area contributed by atoms with Crippen molar-refractivity contribution in [3.05, 3.63) is 34.4 Å². The van der Waals surface area contributed by atoms with Gasteiger partial charge in [0.25, 0.3) is 6.43 Å². The number of nitrogens with zero attached hydrogens (tertiary/aromatic N) is 1. The highest BCUT2D eigenvalue weighted by Crippen LogP contribution is 2.27. The molecule has 0 heterocycles. The number of hydrogen-bond acceptors (Lipinski definition) is 3. The Hall–Kier alpha value is -1.48. The Morgan fingerprint density at radius 2 is 2.16 bits per heavy atom. The van der Waals surface area contributed by atoms with Gasteiger partial charge in [-0.3, -0.25) is 4.79 Å². The van der Waals surface area contributed by atoms with Gasteiger partial charge >= 0.3 is 5.97 Å². The minimum atomic E-state index is -2.75. The second kappa shape index (κ2) is 7.19. The van der Waals surface area contributed by atoms with Crippen LogP contribution in [0.5, 0.6) is 0 Å². The summed E-state index contributed by atoms with van der Waals surface area (Å²) in [4.78, 5) is 11.4. The van der Waals surface area contributed by atoms with Crippen molar-refractivity contribution in [3.8, 4) is 6.07 Å². The van der Waals surface area contributed by atoms with Crippen molar-refractivity contribution in [2.45, 2.75) is 25.1 Å². The molecule has 102 valence electrons. The van der Waals surface area contributed by atoms with Gasteiger partial charge in [0.2, 0.25) is 0 Å². The van der Waals surface area contributed by atoms with Crippen LogP contribution in [0.4, 0.5) is 8.78 Å². The molecule has 0 N–H and O–H groups in total. The van der Waals surface area contributed by atoms with Crippen LogP contribution in [0.1, 0.15) is 35.6 Å². The molecule has 6 heteroatoms. The van der Waals surface area contributed by atoms with Crippen LogP contribution < -0.4 is 0 Å². The number of nitriles is 1. The lowest BCUT2D eigenvalue weighted by Crippen LogP contribution is -2.10. The molecule has 0 aliphatic rings. The second-order valence-electron chi connectivity index (χ2n) is 3.74. The van der Waals surface area contributed by atoms with Crippen LogP contribution in [0, 0.1) is 11.3 Å². The molecule has 1 aromatic rings. The van der Waals surface area contributed by atoms with E-state index < -0.39 is 12.4 Å². The van der Waals surface area contributed by atoms with Gasteiger partial charge in [0, 0.05) is 10.9 Å². The van der Waals surface area contributed by atoms with Crippen LogP contribution >= 0.6 is 15.9 Å². The third kappa shape index (κ3) is 4.00. The normalized spacial score (nSPS) is 10.3. The zero-order valence-corrected chi connectivity index (χ0v) is 11.8. The molecule has 3 nitrogen and oxygen atoms in total. The topological polar surface area (TPSA) is 50.1 Å². The third-order valence-corrected chi connectivity index (χ3v) is 3.12. The van der Waals surface area contributed by atoms with Crippen molar-refractivity contribution in [2.75, 3.05) is 6.61 Å². The standard InChI is InChI=1S/C13H12BrF2NO2/c1-2-19-12(18)5-8-4-11(13(15)16)10(7-17)3-9(8)6-14/h3-4,13H,2,5-6H2,1H3. The number of esters is 1. The quantitative estimate of drug-likeness (QED) is 0.613. The van der Waals surface area contributed by atoms with Gasteiger partial charge in [0.15, 0.2) is 0 Å². The summed E-state index contributed by atoms with van der Waals surface area (Å²) in [6.07, 6.45) is -2.83. The number of carbonyl (C=O) groups is 1. The minimum Gasteiger partial charge on any atom is -0.466 e. The molecule has 1 rings (SSSR count). The van der Waals surface area contributed by atoms with Crippen molar-refractivity contribution in [2.24, 2.45) is 0 Å². The van der Waals surface area contributed by atoms with Gasteiger partial charge < -0.3 is 4.74 Å².